The van der Waals surface area contributed by atoms with Crippen LogP contribution in [0.15, 0.2) is 60.8 Å². The molecule has 0 bridgehead atoms. The van der Waals surface area contributed by atoms with E-state index in [-0.39, 0.29) is 56.9 Å². The summed E-state index contributed by atoms with van der Waals surface area (Å²) in [5.74, 6) is -12.4. The van der Waals surface area contributed by atoms with Gasteiger partial charge in [0.25, 0.3) is 0 Å². The van der Waals surface area contributed by atoms with Crippen LogP contribution in [0.1, 0.15) is 90.2 Å². The highest BCUT2D eigenvalue weighted by Crippen LogP contribution is 2.20. The van der Waals surface area contributed by atoms with Crippen LogP contribution in [0.3, 0.4) is 0 Å². The summed E-state index contributed by atoms with van der Waals surface area (Å²) >= 11 is 0. The molecule has 2 aromatic carbocycles. The summed E-state index contributed by atoms with van der Waals surface area (Å²) in [4.78, 5) is 149. The number of H-pyrrole nitrogens is 1. The number of amides is 8. The monoisotopic (exact) mass is 1090 g/mol. The lowest BCUT2D eigenvalue weighted by Crippen LogP contribution is -2.61. The van der Waals surface area contributed by atoms with Gasteiger partial charge in [-0.3, -0.25) is 47.9 Å². The van der Waals surface area contributed by atoms with E-state index < -0.39 is 146 Å². The summed E-state index contributed by atoms with van der Waals surface area (Å²) in [5.41, 5.74) is 13.0. The van der Waals surface area contributed by atoms with Gasteiger partial charge in [-0.2, -0.15) is 0 Å². The minimum Gasteiger partial charge on any atom is -0.481 e. The topological polar surface area (TPSA) is 433 Å². The molecule has 17 N–H and O–H groups in total. The molecule has 0 radical (unpaired) electrons. The summed E-state index contributed by atoms with van der Waals surface area (Å²) in [7, 11) is 0. The Kier molecular flexibility index (Phi) is 26.9. The van der Waals surface area contributed by atoms with Gasteiger partial charge in [0.2, 0.25) is 47.3 Å². The molecule has 0 spiro atoms. The van der Waals surface area contributed by atoms with Gasteiger partial charge in [0.1, 0.15) is 48.3 Å². The first-order chi connectivity index (χ1) is 37.0. The van der Waals surface area contributed by atoms with Crippen molar-refractivity contribution in [1.29, 1.82) is 0 Å². The number of benzene rings is 2. The molecule has 26 nitrogen and oxygen atoms in total. The molecule has 3 aromatic rings. The number of nitrogens with one attached hydrogen (secondary N) is 9. The van der Waals surface area contributed by atoms with Crippen molar-refractivity contribution in [3.05, 3.63) is 71.9 Å². The van der Waals surface area contributed by atoms with Crippen molar-refractivity contribution >= 4 is 76.1 Å². The Bertz CT molecular complexity index is 2540. The summed E-state index contributed by atoms with van der Waals surface area (Å²) in [6.07, 6.45) is -0.396. The summed E-state index contributed by atoms with van der Waals surface area (Å²) in [6, 6.07) is 2.86. The Morgan fingerprint density at radius 3 is 1.54 bits per heavy atom. The number of carbonyl (C=O) groups excluding carboxylic acids is 8. The van der Waals surface area contributed by atoms with Crippen LogP contribution in [-0.4, -0.2) is 159 Å². The average molecular weight is 1090 g/mol. The molecule has 8 amide bonds. The predicted molar refractivity (Wildman–Crippen MR) is 282 cm³/mol. The number of aliphatic hydroxyl groups excluding tert-OH is 1. The van der Waals surface area contributed by atoms with Crippen molar-refractivity contribution in [3.63, 3.8) is 0 Å². The second kappa shape index (κ2) is 32.6. The number of hydrogen-bond acceptors (Lipinski definition) is 14. The minimum absolute atomic E-state index is 0.00458. The van der Waals surface area contributed by atoms with Gasteiger partial charge in [-0.15, -0.1) is 0 Å². The summed E-state index contributed by atoms with van der Waals surface area (Å²) in [6.45, 7) is 5.69. The zero-order chi connectivity index (χ0) is 58.1. The van der Waals surface area contributed by atoms with Crippen molar-refractivity contribution < 1.29 is 73.2 Å². The smallest absolute Gasteiger partial charge is 0.326 e. The standard InChI is InChI=1S/C52H75N11O15/c1-28(2)20-36(56-42(65)25-54)47(72)60-38(23-31-26-55-33-15-9-8-14-32(31)33)49(74)61-39(24-44(68)69)50(75)57-34(16-10-11-19-53)45(70)59-37(22-30-12-6-5-7-13-30)48(73)63-41(27-64)51(76)58-35(17-18-43(66)67)46(71)62-40(52(77)78)21-29(3)4/h5-9,12-15,26,28-29,34-41,55,64H,10-11,16-25,27,53-54H2,1-4H3,(H,56,65)(H,57,75)(H,58,76)(H,59,70)(H,60,72)(H,61,74)(H,62,71)(H,63,73)(H,66,67)(H,68,69)(H,77,78)/t34-,35-,36-,37-,38-,39-,40-,41-/m0/s1. The third-order valence-electron chi connectivity index (χ3n) is 12.2. The SMILES string of the molecule is CC(C)C[C@H](NC(=O)[C@H](CCC(=O)O)NC(=O)[C@H](CO)NC(=O)[C@H](Cc1ccccc1)NC(=O)[C@H](CCCCN)NC(=O)[C@H](CC(=O)O)NC(=O)[C@H](Cc1c[nH]c2ccccc12)NC(=O)[C@H](CC(C)C)NC(=O)CN)C(=O)O. The molecular weight excluding hydrogens is 1020 g/mol. The predicted octanol–water partition coefficient (Wildman–Crippen LogP) is -1.57. The molecule has 8 atom stereocenters. The molecule has 0 aliphatic heterocycles. The highest BCUT2D eigenvalue weighted by atomic mass is 16.4. The molecule has 0 saturated heterocycles. The number of hydrogen-bond donors (Lipinski definition) is 15. The number of unbranched alkanes of at least 4 members (excludes halogenated alkanes) is 1. The lowest BCUT2D eigenvalue weighted by molar-refractivity contribution is -0.143. The first-order valence-corrected chi connectivity index (χ1v) is 25.6. The van der Waals surface area contributed by atoms with Crippen molar-refractivity contribution in [1.82, 2.24) is 47.5 Å². The molecule has 78 heavy (non-hydrogen) atoms. The van der Waals surface area contributed by atoms with Crippen LogP contribution in [0.4, 0.5) is 0 Å². The first kappa shape index (κ1) is 64.3. The van der Waals surface area contributed by atoms with Crippen LogP contribution in [0.5, 0.6) is 0 Å². The maximum absolute atomic E-state index is 14.3. The van der Waals surface area contributed by atoms with Crippen LogP contribution in [-0.2, 0) is 65.6 Å². The molecule has 1 heterocycles. The van der Waals surface area contributed by atoms with Crippen molar-refractivity contribution in [3.8, 4) is 0 Å². The van der Waals surface area contributed by atoms with E-state index in [9.17, 15) is 73.2 Å². The van der Waals surface area contributed by atoms with Crippen LogP contribution >= 0.6 is 0 Å². The molecule has 0 saturated carbocycles. The molecule has 0 unspecified atom stereocenters. The highest BCUT2D eigenvalue weighted by Gasteiger charge is 2.36. The van der Waals surface area contributed by atoms with E-state index in [1.165, 1.54) is 0 Å². The Balaban J connectivity index is 1.95. The number of aliphatic carboxylic acids is 3. The Hall–Kier alpha value is -7.97. The lowest BCUT2D eigenvalue weighted by Gasteiger charge is -2.28. The molecule has 26 heteroatoms. The zero-order valence-corrected chi connectivity index (χ0v) is 44.2. The van der Waals surface area contributed by atoms with Gasteiger partial charge in [0, 0.05) is 36.4 Å². The van der Waals surface area contributed by atoms with Crippen molar-refractivity contribution in [2.45, 2.75) is 140 Å². The van der Waals surface area contributed by atoms with E-state index in [2.05, 4.69) is 47.5 Å². The van der Waals surface area contributed by atoms with Crippen molar-refractivity contribution in [2.24, 2.45) is 23.3 Å². The number of carboxylic acids is 3. The molecule has 3 rings (SSSR count). The third-order valence-corrected chi connectivity index (χ3v) is 12.2. The number of para-hydroxylation sites is 1. The largest absolute Gasteiger partial charge is 0.481 e. The number of rotatable bonds is 35. The highest BCUT2D eigenvalue weighted by molar-refractivity contribution is 5.99. The zero-order valence-electron chi connectivity index (χ0n) is 44.2. The fourth-order valence-electron chi connectivity index (χ4n) is 8.22. The van der Waals surface area contributed by atoms with Crippen LogP contribution in [0.2, 0.25) is 0 Å². The van der Waals surface area contributed by atoms with Crippen LogP contribution < -0.4 is 54.0 Å². The number of carboxylic acid groups (broad SMARTS) is 3. The molecule has 1 aromatic heterocycles. The van der Waals surface area contributed by atoms with E-state index in [4.69, 9.17) is 11.5 Å². The maximum atomic E-state index is 14.3. The Morgan fingerprint density at radius 2 is 0.987 bits per heavy atom. The summed E-state index contributed by atoms with van der Waals surface area (Å²) < 4.78 is 0. The van der Waals surface area contributed by atoms with E-state index >= 15 is 0 Å². The fraction of sp³-hybridized carbons (Fsp3) is 0.519. The van der Waals surface area contributed by atoms with Gasteiger partial charge in [0.15, 0.2) is 0 Å². The van der Waals surface area contributed by atoms with Crippen LogP contribution in [0, 0.1) is 11.8 Å². The first-order valence-electron chi connectivity index (χ1n) is 25.6. The number of fused-ring (bicyclic) bond motifs is 1. The fourth-order valence-corrected chi connectivity index (χ4v) is 8.22. The molecular formula is C52H75N11O15. The second-order valence-corrected chi connectivity index (χ2v) is 19.6. The van der Waals surface area contributed by atoms with E-state index in [0.29, 0.717) is 28.5 Å². The second-order valence-electron chi connectivity index (χ2n) is 19.6. The molecule has 0 aliphatic rings. The quantitative estimate of drug-likeness (QED) is 0.0296. The number of carbonyl (C=O) groups is 11. The average Bonchev–Trinajstić information content (AvgIpc) is 3.82. The molecule has 0 fully saturated rings. The third kappa shape index (κ3) is 21.9. The van der Waals surface area contributed by atoms with Crippen LogP contribution in [0.25, 0.3) is 10.9 Å². The number of nitrogens with two attached hydrogens (primary N) is 2. The number of aromatic nitrogens is 1. The van der Waals surface area contributed by atoms with Gasteiger partial charge in [0.05, 0.1) is 19.6 Å². The summed E-state index contributed by atoms with van der Waals surface area (Å²) in [5, 5.41) is 59.6. The number of aromatic amines is 1. The van der Waals surface area contributed by atoms with Gasteiger partial charge in [-0.1, -0.05) is 76.2 Å². The Morgan fingerprint density at radius 1 is 0.513 bits per heavy atom. The van der Waals surface area contributed by atoms with Crippen molar-refractivity contribution in [2.75, 3.05) is 19.7 Å². The van der Waals surface area contributed by atoms with E-state index in [1.807, 2.05) is 13.8 Å². The Labute approximate surface area is 450 Å². The van der Waals surface area contributed by atoms with E-state index in [1.54, 1.807) is 74.6 Å². The van der Waals surface area contributed by atoms with E-state index in [0.717, 1.165) is 0 Å². The normalized spacial score (nSPS) is 14.3. The molecule has 0 aliphatic carbocycles. The lowest BCUT2D eigenvalue weighted by atomic mass is 10.00. The number of aliphatic hydroxyl groups is 1. The van der Waals surface area contributed by atoms with Gasteiger partial charge in [-0.05, 0) is 74.1 Å². The van der Waals surface area contributed by atoms with Gasteiger partial charge in [-0.25, -0.2) is 4.79 Å². The minimum atomic E-state index is -1.87. The van der Waals surface area contributed by atoms with Gasteiger partial charge >= 0.3 is 17.9 Å². The molecule has 428 valence electrons. The maximum Gasteiger partial charge on any atom is 0.326 e. The van der Waals surface area contributed by atoms with Gasteiger partial charge < -0.3 is 79.4 Å².